The maximum Gasteiger partial charge on any atom is 0.274 e. The molecule has 4 rings (SSSR count). The van der Waals surface area contributed by atoms with Gasteiger partial charge in [0, 0.05) is 44.5 Å². The van der Waals surface area contributed by atoms with Crippen molar-refractivity contribution in [2.45, 2.75) is 25.0 Å². The summed E-state index contributed by atoms with van der Waals surface area (Å²) in [4.78, 5) is 29.0. The lowest BCUT2D eigenvalue weighted by Gasteiger charge is -2.58. The Kier molecular flexibility index (Phi) is 5.13. The van der Waals surface area contributed by atoms with Crippen molar-refractivity contribution in [1.82, 2.24) is 24.8 Å². The Morgan fingerprint density at radius 2 is 2.04 bits per heavy atom. The molecule has 0 aliphatic carbocycles. The maximum absolute atomic E-state index is 12.5. The Hall–Kier alpha value is -2.38. The zero-order valence-corrected chi connectivity index (χ0v) is 15.6. The number of piperidine rings is 1. The Morgan fingerprint density at radius 3 is 2.78 bits per heavy atom. The van der Waals surface area contributed by atoms with Crippen molar-refractivity contribution in [3.05, 3.63) is 54.4 Å². The average Bonchev–Trinajstić information content (AvgIpc) is 2.68. The minimum Gasteiger partial charge on any atom is -0.376 e. The fraction of sp³-hybridized carbons (Fsp3) is 0.500. The average molecular weight is 367 g/mol. The molecule has 0 saturated carbocycles. The molecule has 2 saturated heterocycles. The monoisotopic (exact) mass is 367 g/mol. The van der Waals surface area contributed by atoms with E-state index in [9.17, 15) is 4.79 Å². The molecule has 7 heteroatoms. The van der Waals surface area contributed by atoms with E-state index in [-0.39, 0.29) is 11.4 Å². The topological polar surface area (TPSA) is 71.5 Å². The zero-order chi connectivity index (χ0) is 18.7. The number of pyridine rings is 1. The summed E-state index contributed by atoms with van der Waals surface area (Å²) in [6, 6.07) is 3.97. The van der Waals surface area contributed by atoms with Gasteiger partial charge < -0.3 is 9.64 Å². The molecule has 2 fully saturated rings. The molecular weight excluding hydrogens is 342 g/mol. The number of rotatable bonds is 5. The Bertz CT molecular complexity index is 764. The molecule has 0 aromatic carbocycles. The van der Waals surface area contributed by atoms with Gasteiger partial charge in [0.15, 0.2) is 0 Å². The second kappa shape index (κ2) is 7.70. The third-order valence-corrected chi connectivity index (χ3v) is 5.76. The second-order valence-corrected chi connectivity index (χ2v) is 7.63. The number of carbonyl (C=O) groups excluding carboxylic acids is 1. The molecule has 0 N–H and O–H groups in total. The summed E-state index contributed by atoms with van der Waals surface area (Å²) in [5.41, 5.74) is 1.64. The molecule has 142 valence electrons. The van der Waals surface area contributed by atoms with E-state index in [1.165, 1.54) is 6.20 Å². The first kappa shape index (κ1) is 18.0. The first-order chi connectivity index (χ1) is 13.2. The number of carbonyl (C=O) groups is 1. The van der Waals surface area contributed by atoms with Crippen LogP contribution >= 0.6 is 0 Å². The van der Waals surface area contributed by atoms with E-state index in [4.69, 9.17) is 4.74 Å². The smallest absolute Gasteiger partial charge is 0.274 e. The van der Waals surface area contributed by atoms with Crippen LogP contribution in [-0.4, -0.2) is 69.5 Å². The van der Waals surface area contributed by atoms with E-state index in [1.807, 2.05) is 17.0 Å². The van der Waals surface area contributed by atoms with Gasteiger partial charge in [-0.15, -0.1) is 0 Å². The Morgan fingerprint density at radius 1 is 1.22 bits per heavy atom. The zero-order valence-electron chi connectivity index (χ0n) is 15.6. The van der Waals surface area contributed by atoms with E-state index in [1.54, 1.807) is 24.8 Å². The van der Waals surface area contributed by atoms with Gasteiger partial charge in [0.25, 0.3) is 5.91 Å². The van der Waals surface area contributed by atoms with Gasteiger partial charge in [0.2, 0.25) is 0 Å². The van der Waals surface area contributed by atoms with Crippen LogP contribution in [0.4, 0.5) is 0 Å². The number of ether oxygens (including phenoxy) is 1. The van der Waals surface area contributed by atoms with Crippen molar-refractivity contribution in [3.8, 4) is 0 Å². The molecule has 2 aromatic rings. The summed E-state index contributed by atoms with van der Waals surface area (Å²) in [6.07, 6.45) is 10.5. The minimum absolute atomic E-state index is 0.0295. The van der Waals surface area contributed by atoms with Gasteiger partial charge in [-0.2, -0.15) is 0 Å². The van der Waals surface area contributed by atoms with E-state index in [0.717, 1.165) is 44.6 Å². The quantitative estimate of drug-likeness (QED) is 0.800. The van der Waals surface area contributed by atoms with Gasteiger partial charge in [0.1, 0.15) is 5.69 Å². The molecule has 2 aliphatic heterocycles. The van der Waals surface area contributed by atoms with Gasteiger partial charge in [-0.05, 0) is 50.0 Å². The lowest BCUT2D eigenvalue weighted by molar-refractivity contribution is -0.0769. The van der Waals surface area contributed by atoms with Crippen LogP contribution in [0.3, 0.4) is 0 Å². The summed E-state index contributed by atoms with van der Waals surface area (Å²) in [5, 5.41) is 0. The van der Waals surface area contributed by atoms with E-state index in [2.05, 4.69) is 26.9 Å². The van der Waals surface area contributed by atoms with Crippen LogP contribution in [-0.2, 0) is 11.3 Å². The normalized spacial score (nSPS) is 21.8. The van der Waals surface area contributed by atoms with Gasteiger partial charge >= 0.3 is 0 Å². The largest absolute Gasteiger partial charge is 0.376 e. The number of likely N-dealkylation sites (tertiary alicyclic amines) is 2. The van der Waals surface area contributed by atoms with Crippen LogP contribution in [0.5, 0.6) is 0 Å². The molecule has 1 amide bonds. The van der Waals surface area contributed by atoms with Crippen LogP contribution in [0, 0.1) is 5.92 Å². The highest BCUT2D eigenvalue weighted by Crippen LogP contribution is 2.38. The van der Waals surface area contributed by atoms with Crippen molar-refractivity contribution in [1.29, 1.82) is 0 Å². The van der Waals surface area contributed by atoms with Crippen LogP contribution in [0.2, 0.25) is 0 Å². The SMILES string of the molecule is CN1CC[C@@H](COCc2ccncc2)CC12CN(C(=O)c1cnccn1)C2. The number of likely N-dealkylation sites (N-methyl/N-ethyl adjacent to an activating group) is 1. The summed E-state index contributed by atoms with van der Waals surface area (Å²) in [5.74, 6) is 0.495. The van der Waals surface area contributed by atoms with Gasteiger partial charge in [-0.3, -0.25) is 19.7 Å². The van der Waals surface area contributed by atoms with E-state index in [0.29, 0.717) is 18.2 Å². The molecule has 2 aliphatic rings. The number of aromatic nitrogens is 3. The number of hydrogen-bond donors (Lipinski definition) is 0. The lowest BCUT2D eigenvalue weighted by Crippen LogP contribution is -2.72. The highest BCUT2D eigenvalue weighted by Gasteiger charge is 2.51. The molecule has 0 radical (unpaired) electrons. The minimum atomic E-state index is -0.0295. The van der Waals surface area contributed by atoms with Crippen LogP contribution in [0.15, 0.2) is 43.1 Å². The molecule has 0 unspecified atom stereocenters. The second-order valence-electron chi connectivity index (χ2n) is 7.63. The summed E-state index contributed by atoms with van der Waals surface area (Å²) < 4.78 is 5.95. The fourth-order valence-corrected chi connectivity index (χ4v) is 4.12. The highest BCUT2D eigenvalue weighted by molar-refractivity contribution is 5.92. The van der Waals surface area contributed by atoms with Crippen molar-refractivity contribution in [3.63, 3.8) is 0 Å². The maximum atomic E-state index is 12.5. The molecule has 1 atom stereocenters. The van der Waals surface area contributed by atoms with Crippen LogP contribution < -0.4 is 0 Å². The molecular formula is C20H25N5O2. The van der Waals surface area contributed by atoms with Crippen LogP contribution in [0.25, 0.3) is 0 Å². The summed E-state index contributed by atoms with van der Waals surface area (Å²) >= 11 is 0. The molecule has 0 bridgehead atoms. The van der Waals surface area contributed by atoms with Crippen molar-refractivity contribution in [2.24, 2.45) is 5.92 Å². The predicted octanol–water partition coefficient (Wildman–Crippen LogP) is 1.62. The number of nitrogens with zero attached hydrogens (tertiary/aromatic N) is 5. The standard InChI is InChI=1S/C20H25N5O2/c1-24-9-4-17(13-27-12-16-2-5-21-6-3-16)10-20(24)14-25(15-20)19(26)18-11-22-7-8-23-18/h2-3,5-8,11,17H,4,9-10,12-15H2,1H3/t17-/m1/s1. The lowest BCUT2D eigenvalue weighted by atomic mass is 9.75. The van der Waals surface area contributed by atoms with Crippen molar-refractivity contribution < 1.29 is 9.53 Å². The molecule has 7 nitrogen and oxygen atoms in total. The predicted molar refractivity (Wildman–Crippen MR) is 99.9 cm³/mol. The van der Waals surface area contributed by atoms with E-state index >= 15 is 0 Å². The number of amides is 1. The van der Waals surface area contributed by atoms with Gasteiger partial charge in [-0.25, -0.2) is 4.98 Å². The van der Waals surface area contributed by atoms with Crippen molar-refractivity contribution in [2.75, 3.05) is 33.3 Å². The Balaban J connectivity index is 1.30. The van der Waals surface area contributed by atoms with Gasteiger partial charge in [0.05, 0.1) is 18.3 Å². The van der Waals surface area contributed by atoms with Gasteiger partial charge in [-0.1, -0.05) is 0 Å². The molecule has 27 heavy (non-hydrogen) atoms. The summed E-state index contributed by atoms with van der Waals surface area (Å²) in [6.45, 7) is 3.92. The molecule has 2 aromatic heterocycles. The van der Waals surface area contributed by atoms with E-state index < -0.39 is 0 Å². The first-order valence-corrected chi connectivity index (χ1v) is 9.39. The summed E-state index contributed by atoms with van der Waals surface area (Å²) in [7, 11) is 2.16. The number of hydrogen-bond acceptors (Lipinski definition) is 6. The first-order valence-electron chi connectivity index (χ1n) is 9.39. The Labute approximate surface area is 159 Å². The van der Waals surface area contributed by atoms with Crippen molar-refractivity contribution >= 4 is 5.91 Å². The fourth-order valence-electron chi connectivity index (χ4n) is 4.12. The third-order valence-electron chi connectivity index (χ3n) is 5.76. The van der Waals surface area contributed by atoms with Crippen LogP contribution in [0.1, 0.15) is 28.9 Å². The molecule has 1 spiro atoms. The highest BCUT2D eigenvalue weighted by atomic mass is 16.5. The molecule has 4 heterocycles. The third kappa shape index (κ3) is 3.84.